The van der Waals surface area contributed by atoms with Crippen molar-refractivity contribution in [2.24, 2.45) is 0 Å². The Hall–Kier alpha value is -0.560. The summed E-state index contributed by atoms with van der Waals surface area (Å²) in [5.74, 6) is 0. The number of rotatable bonds is 2. The average Bonchev–Trinajstić information content (AvgIpc) is 2.59. The lowest BCUT2D eigenvalue weighted by Gasteiger charge is -2.16. The van der Waals surface area contributed by atoms with Crippen LogP contribution in [0.4, 0.5) is 0 Å². The van der Waals surface area contributed by atoms with Crippen molar-refractivity contribution in [2.45, 2.75) is 19.3 Å². The van der Waals surface area contributed by atoms with Gasteiger partial charge < -0.3 is 0 Å². The molecule has 0 aromatic carbocycles. The van der Waals surface area contributed by atoms with E-state index in [9.17, 15) is 0 Å². The monoisotopic (exact) mass is 162 g/mol. The van der Waals surface area contributed by atoms with Crippen LogP contribution in [0.1, 0.15) is 19.3 Å². The smallest absolute Gasteiger partial charge is 0.0230 e. The van der Waals surface area contributed by atoms with Crippen LogP contribution in [0.25, 0.3) is 0 Å². The Balaban J connectivity index is 1.85. The van der Waals surface area contributed by atoms with Crippen molar-refractivity contribution in [1.29, 1.82) is 0 Å². The van der Waals surface area contributed by atoms with Gasteiger partial charge in [-0.25, -0.2) is 0 Å². The summed E-state index contributed by atoms with van der Waals surface area (Å²) in [7, 11) is 0. The standard InChI is InChI=1S/C11H16N/c1-2-6-11(7-3-1)10-12-8-4-5-9-12/h2-3,6-7H,1,4-5,8-10H2. The quantitative estimate of drug-likeness (QED) is 0.601. The van der Waals surface area contributed by atoms with E-state index in [1.165, 1.54) is 31.5 Å². The summed E-state index contributed by atoms with van der Waals surface area (Å²) in [5.41, 5.74) is 1.48. The summed E-state index contributed by atoms with van der Waals surface area (Å²) < 4.78 is 0. The Kier molecular flexibility index (Phi) is 2.62. The molecule has 0 unspecified atom stereocenters. The fraction of sp³-hybridized carbons (Fsp3) is 0.545. The maximum absolute atomic E-state index is 2.54. The van der Waals surface area contributed by atoms with Gasteiger partial charge in [0.1, 0.15) is 0 Å². The third-order valence-electron chi connectivity index (χ3n) is 2.54. The van der Waals surface area contributed by atoms with Gasteiger partial charge in [-0.05, 0) is 44.3 Å². The highest BCUT2D eigenvalue weighted by molar-refractivity contribution is 5.28. The van der Waals surface area contributed by atoms with Crippen LogP contribution in [-0.4, -0.2) is 24.5 Å². The Morgan fingerprint density at radius 1 is 1.25 bits per heavy atom. The molecule has 1 radical (unpaired) electrons. The predicted octanol–water partition coefficient (Wildman–Crippen LogP) is 2.17. The Labute approximate surface area is 74.8 Å². The molecule has 0 spiro atoms. The molecule has 1 fully saturated rings. The molecule has 0 aromatic rings. The van der Waals surface area contributed by atoms with E-state index < -0.39 is 0 Å². The maximum atomic E-state index is 2.54. The van der Waals surface area contributed by atoms with E-state index >= 15 is 0 Å². The Morgan fingerprint density at radius 2 is 2.08 bits per heavy atom. The van der Waals surface area contributed by atoms with Gasteiger partial charge in [-0.15, -0.1) is 0 Å². The summed E-state index contributed by atoms with van der Waals surface area (Å²) >= 11 is 0. The minimum atomic E-state index is 1.11. The molecule has 2 rings (SSSR count). The SMILES string of the molecule is [CH]1C=C(CN2CCCC2)C=CC1. The molecule has 0 amide bonds. The molecule has 0 N–H and O–H groups in total. The molecule has 12 heavy (non-hydrogen) atoms. The molecule has 1 heterocycles. The summed E-state index contributed by atoms with van der Waals surface area (Å²) in [4.78, 5) is 2.54. The summed E-state index contributed by atoms with van der Waals surface area (Å²) in [6.07, 6.45) is 12.9. The maximum Gasteiger partial charge on any atom is 0.0230 e. The van der Waals surface area contributed by atoms with Gasteiger partial charge in [0, 0.05) is 6.54 Å². The van der Waals surface area contributed by atoms with Crippen molar-refractivity contribution in [3.8, 4) is 0 Å². The topological polar surface area (TPSA) is 3.24 Å². The number of hydrogen-bond donors (Lipinski definition) is 0. The minimum Gasteiger partial charge on any atom is -0.299 e. The summed E-state index contributed by atoms with van der Waals surface area (Å²) in [6.45, 7) is 3.75. The van der Waals surface area contributed by atoms with Gasteiger partial charge in [-0.1, -0.05) is 18.2 Å². The first kappa shape index (κ1) is 8.06. The van der Waals surface area contributed by atoms with Gasteiger partial charge in [0.25, 0.3) is 0 Å². The molecule has 2 aliphatic rings. The van der Waals surface area contributed by atoms with E-state index in [0.717, 1.165) is 13.0 Å². The first-order chi connectivity index (χ1) is 5.95. The second-order valence-corrected chi connectivity index (χ2v) is 3.60. The molecule has 0 bridgehead atoms. The van der Waals surface area contributed by atoms with Gasteiger partial charge in [0.05, 0.1) is 0 Å². The van der Waals surface area contributed by atoms with Gasteiger partial charge in [0.2, 0.25) is 0 Å². The van der Waals surface area contributed by atoms with Gasteiger partial charge >= 0.3 is 0 Å². The van der Waals surface area contributed by atoms with Crippen LogP contribution in [0.15, 0.2) is 23.8 Å². The molecule has 0 aromatic heterocycles. The molecule has 0 atom stereocenters. The van der Waals surface area contributed by atoms with Crippen molar-refractivity contribution in [1.82, 2.24) is 4.90 Å². The van der Waals surface area contributed by atoms with Crippen LogP contribution >= 0.6 is 0 Å². The van der Waals surface area contributed by atoms with Crippen molar-refractivity contribution < 1.29 is 0 Å². The molecule has 0 saturated carbocycles. The zero-order chi connectivity index (χ0) is 8.23. The second kappa shape index (κ2) is 3.90. The Bertz CT molecular complexity index is 197. The van der Waals surface area contributed by atoms with Crippen molar-refractivity contribution in [2.75, 3.05) is 19.6 Å². The third-order valence-corrected chi connectivity index (χ3v) is 2.54. The summed E-state index contributed by atoms with van der Waals surface area (Å²) in [5, 5.41) is 0. The predicted molar refractivity (Wildman–Crippen MR) is 51.8 cm³/mol. The molecule has 1 aliphatic carbocycles. The molecule has 1 heteroatoms. The van der Waals surface area contributed by atoms with Gasteiger partial charge in [0.15, 0.2) is 0 Å². The van der Waals surface area contributed by atoms with Gasteiger partial charge in [-0.3, -0.25) is 4.90 Å². The number of allylic oxidation sites excluding steroid dienone is 2. The minimum absolute atomic E-state index is 1.11. The zero-order valence-electron chi connectivity index (χ0n) is 7.50. The molecule has 1 aliphatic heterocycles. The average molecular weight is 162 g/mol. The van der Waals surface area contributed by atoms with Crippen LogP contribution in [0.2, 0.25) is 0 Å². The van der Waals surface area contributed by atoms with Crippen LogP contribution in [0.5, 0.6) is 0 Å². The summed E-state index contributed by atoms with van der Waals surface area (Å²) in [6, 6.07) is 0. The third kappa shape index (κ3) is 1.98. The van der Waals surface area contributed by atoms with E-state index in [0.29, 0.717) is 0 Å². The fourth-order valence-electron chi connectivity index (χ4n) is 1.88. The van der Waals surface area contributed by atoms with E-state index in [-0.39, 0.29) is 0 Å². The number of hydrogen-bond acceptors (Lipinski definition) is 1. The zero-order valence-corrected chi connectivity index (χ0v) is 7.50. The normalized spacial score (nSPS) is 24.5. The highest BCUT2D eigenvalue weighted by Gasteiger charge is 2.12. The Morgan fingerprint density at radius 3 is 2.75 bits per heavy atom. The van der Waals surface area contributed by atoms with Gasteiger partial charge in [-0.2, -0.15) is 0 Å². The molecular weight excluding hydrogens is 146 g/mol. The molecular formula is C11H16N. The highest BCUT2D eigenvalue weighted by atomic mass is 15.1. The lowest BCUT2D eigenvalue weighted by atomic mass is 10.1. The van der Waals surface area contributed by atoms with Crippen molar-refractivity contribution >= 4 is 0 Å². The fourth-order valence-corrected chi connectivity index (χ4v) is 1.88. The largest absolute Gasteiger partial charge is 0.299 e. The first-order valence-electron chi connectivity index (χ1n) is 4.86. The van der Waals surface area contributed by atoms with Crippen LogP contribution in [0.3, 0.4) is 0 Å². The molecule has 1 nitrogen and oxygen atoms in total. The van der Waals surface area contributed by atoms with Crippen molar-refractivity contribution in [3.05, 3.63) is 30.2 Å². The first-order valence-corrected chi connectivity index (χ1v) is 4.86. The lowest BCUT2D eigenvalue weighted by Crippen LogP contribution is -2.21. The number of likely N-dealkylation sites (tertiary alicyclic amines) is 1. The van der Waals surface area contributed by atoms with Crippen LogP contribution < -0.4 is 0 Å². The second-order valence-electron chi connectivity index (χ2n) is 3.60. The van der Waals surface area contributed by atoms with Crippen molar-refractivity contribution in [3.63, 3.8) is 0 Å². The van der Waals surface area contributed by atoms with E-state index in [2.05, 4.69) is 29.5 Å². The molecule has 65 valence electrons. The van der Waals surface area contributed by atoms with E-state index in [1.807, 2.05) is 0 Å². The lowest BCUT2D eigenvalue weighted by molar-refractivity contribution is 0.371. The van der Waals surface area contributed by atoms with Crippen LogP contribution in [-0.2, 0) is 0 Å². The van der Waals surface area contributed by atoms with Crippen LogP contribution in [0, 0.1) is 6.42 Å². The van der Waals surface area contributed by atoms with E-state index in [4.69, 9.17) is 0 Å². The highest BCUT2D eigenvalue weighted by Crippen LogP contribution is 2.14. The van der Waals surface area contributed by atoms with E-state index in [1.54, 1.807) is 0 Å². The molecule has 1 saturated heterocycles. The number of nitrogens with zero attached hydrogens (tertiary/aromatic N) is 1.